The van der Waals surface area contributed by atoms with Crippen LogP contribution in [0.15, 0.2) is 36.4 Å². The standard InChI is InChI=1S/C14H17N3/c1-2-4-11(5-3-1)9-15-10-13-8-14(17-16-13)12-6-7-12/h1-5,8,12,15H,6-7,9-10H2,(H,16,17). The van der Waals surface area contributed by atoms with Crippen LogP contribution in [0.1, 0.15) is 35.7 Å². The van der Waals surface area contributed by atoms with Crippen LogP contribution in [0.2, 0.25) is 0 Å². The summed E-state index contributed by atoms with van der Waals surface area (Å²) in [5, 5.41) is 10.9. The lowest BCUT2D eigenvalue weighted by molar-refractivity contribution is 0.677. The SMILES string of the molecule is c1ccc(CNCc2cc(C3CC3)n[nH]2)cc1. The molecule has 2 aromatic rings. The average Bonchev–Trinajstić information content (AvgIpc) is 3.11. The minimum absolute atomic E-state index is 0.731. The third-order valence-electron chi connectivity index (χ3n) is 3.13. The smallest absolute Gasteiger partial charge is 0.0656 e. The van der Waals surface area contributed by atoms with Crippen molar-refractivity contribution in [3.8, 4) is 0 Å². The van der Waals surface area contributed by atoms with E-state index in [9.17, 15) is 0 Å². The molecule has 0 saturated heterocycles. The topological polar surface area (TPSA) is 40.7 Å². The summed E-state index contributed by atoms with van der Waals surface area (Å²) >= 11 is 0. The first-order valence-electron chi connectivity index (χ1n) is 6.20. The van der Waals surface area contributed by atoms with Crippen molar-refractivity contribution >= 4 is 0 Å². The molecule has 1 aliphatic rings. The van der Waals surface area contributed by atoms with Gasteiger partial charge < -0.3 is 5.32 Å². The monoisotopic (exact) mass is 227 g/mol. The van der Waals surface area contributed by atoms with Gasteiger partial charge in [-0.2, -0.15) is 5.10 Å². The molecule has 0 amide bonds. The number of H-pyrrole nitrogens is 1. The second-order valence-electron chi connectivity index (χ2n) is 4.68. The zero-order valence-corrected chi connectivity index (χ0v) is 9.82. The number of nitrogens with one attached hydrogen (secondary N) is 2. The number of aromatic amines is 1. The number of aromatic nitrogens is 2. The van der Waals surface area contributed by atoms with E-state index in [1.165, 1.54) is 29.8 Å². The molecule has 0 unspecified atom stereocenters. The summed E-state index contributed by atoms with van der Waals surface area (Å²) in [5.74, 6) is 0.731. The van der Waals surface area contributed by atoms with Gasteiger partial charge in [-0.1, -0.05) is 30.3 Å². The van der Waals surface area contributed by atoms with Crippen LogP contribution >= 0.6 is 0 Å². The van der Waals surface area contributed by atoms with Gasteiger partial charge in [-0.25, -0.2) is 0 Å². The van der Waals surface area contributed by atoms with Crippen LogP contribution in [0.5, 0.6) is 0 Å². The molecule has 0 atom stereocenters. The maximum atomic E-state index is 4.34. The maximum Gasteiger partial charge on any atom is 0.0656 e. The lowest BCUT2D eigenvalue weighted by atomic mass is 10.2. The first-order valence-corrected chi connectivity index (χ1v) is 6.20. The normalized spacial score (nSPS) is 15.1. The molecule has 0 radical (unpaired) electrons. The van der Waals surface area contributed by atoms with Crippen LogP contribution in [-0.4, -0.2) is 10.2 Å². The Morgan fingerprint density at radius 3 is 2.76 bits per heavy atom. The zero-order valence-electron chi connectivity index (χ0n) is 9.82. The largest absolute Gasteiger partial charge is 0.307 e. The molecule has 1 saturated carbocycles. The average molecular weight is 227 g/mol. The van der Waals surface area contributed by atoms with Crippen molar-refractivity contribution in [3.63, 3.8) is 0 Å². The summed E-state index contributed by atoms with van der Waals surface area (Å²) in [6, 6.07) is 12.6. The van der Waals surface area contributed by atoms with Gasteiger partial charge >= 0.3 is 0 Å². The van der Waals surface area contributed by atoms with Crippen LogP contribution in [0, 0.1) is 0 Å². The molecular weight excluding hydrogens is 210 g/mol. The van der Waals surface area contributed by atoms with E-state index in [1.54, 1.807) is 0 Å². The third kappa shape index (κ3) is 2.74. The third-order valence-corrected chi connectivity index (χ3v) is 3.13. The highest BCUT2D eigenvalue weighted by atomic mass is 15.1. The molecule has 1 aromatic carbocycles. The van der Waals surface area contributed by atoms with Crippen molar-refractivity contribution in [2.75, 3.05) is 0 Å². The fraction of sp³-hybridized carbons (Fsp3) is 0.357. The van der Waals surface area contributed by atoms with E-state index < -0.39 is 0 Å². The minimum Gasteiger partial charge on any atom is -0.307 e. The highest BCUT2D eigenvalue weighted by molar-refractivity contribution is 5.18. The predicted octanol–water partition coefficient (Wildman–Crippen LogP) is 2.58. The molecule has 3 heteroatoms. The maximum absolute atomic E-state index is 4.34. The van der Waals surface area contributed by atoms with Gasteiger partial charge in [0.15, 0.2) is 0 Å². The zero-order chi connectivity index (χ0) is 11.5. The first kappa shape index (κ1) is 10.5. The van der Waals surface area contributed by atoms with E-state index >= 15 is 0 Å². The number of rotatable bonds is 5. The van der Waals surface area contributed by atoms with Crippen molar-refractivity contribution in [2.45, 2.75) is 31.8 Å². The van der Waals surface area contributed by atoms with E-state index in [2.05, 4.69) is 45.8 Å². The van der Waals surface area contributed by atoms with Gasteiger partial charge in [0, 0.05) is 24.7 Å². The van der Waals surface area contributed by atoms with Crippen molar-refractivity contribution in [1.29, 1.82) is 0 Å². The highest BCUT2D eigenvalue weighted by Gasteiger charge is 2.25. The van der Waals surface area contributed by atoms with Crippen molar-refractivity contribution in [2.24, 2.45) is 0 Å². The molecule has 3 nitrogen and oxygen atoms in total. The Hall–Kier alpha value is -1.61. The molecule has 0 spiro atoms. The van der Waals surface area contributed by atoms with E-state index in [1.807, 2.05) is 6.07 Å². The van der Waals surface area contributed by atoms with Gasteiger partial charge in [-0.3, -0.25) is 5.10 Å². The Labute approximate surface area is 101 Å². The fourth-order valence-corrected chi connectivity index (χ4v) is 2.00. The van der Waals surface area contributed by atoms with E-state index in [-0.39, 0.29) is 0 Å². The summed E-state index contributed by atoms with van der Waals surface area (Å²) in [6.45, 7) is 1.76. The Bertz CT molecular complexity index is 471. The van der Waals surface area contributed by atoms with Gasteiger partial charge in [0.25, 0.3) is 0 Å². The second-order valence-corrected chi connectivity index (χ2v) is 4.68. The minimum atomic E-state index is 0.731. The van der Waals surface area contributed by atoms with E-state index in [4.69, 9.17) is 0 Å². The van der Waals surface area contributed by atoms with Crippen molar-refractivity contribution in [3.05, 3.63) is 53.3 Å². The Morgan fingerprint density at radius 2 is 2.00 bits per heavy atom. The quantitative estimate of drug-likeness (QED) is 0.824. The molecule has 0 bridgehead atoms. The van der Waals surface area contributed by atoms with Crippen molar-refractivity contribution < 1.29 is 0 Å². The first-order chi connectivity index (χ1) is 8.42. The summed E-state index contributed by atoms with van der Waals surface area (Å²) in [5.41, 5.74) is 3.73. The molecule has 88 valence electrons. The molecule has 1 fully saturated rings. The van der Waals surface area contributed by atoms with Crippen LogP contribution in [-0.2, 0) is 13.1 Å². The molecule has 3 rings (SSSR count). The van der Waals surface area contributed by atoms with E-state index in [0.717, 1.165) is 19.0 Å². The van der Waals surface area contributed by atoms with Gasteiger partial charge in [-0.05, 0) is 24.5 Å². The van der Waals surface area contributed by atoms with Crippen LogP contribution in [0.3, 0.4) is 0 Å². The summed E-state index contributed by atoms with van der Waals surface area (Å²) in [7, 11) is 0. The Kier molecular flexibility index (Phi) is 2.92. The molecule has 1 heterocycles. The number of nitrogens with zero attached hydrogens (tertiary/aromatic N) is 1. The molecule has 1 aromatic heterocycles. The summed E-state index contributed by atoms with van der Waals surface area (Å²) < 4.78 is 0. The van der Waals surface area contributed by atoms with Gasteiger partial charge in [0.05, 0.1) is 5.69 Å². The molecular formula is C14H17N3. The van der Waals surface area contributed by atoms with Crippen molar-refractivity contribution in [1.82, 2.24) is 15.5 Å². The Balaban J connectivity index is 1.50. The fourth-order valence-electron chi connectivity index (χ4n) is 2.00. The number of benzene rings is 1. The highest BCUT2D eigenvalue weighted by Crippen LogP contribution is 2.38. The van der Waals surface area contributed by atoms with E-state index in [0.29, 0.717) is 0 Å². The summed E-state index contributed by atoms with van der Waals surface area (Å²) in [6.07, 6.45) is 2.61. The lowest BCUT2D eigenvalue weighted by Gasteiger charge is -2.02. The van der Waals surface area contributed by atoms with Gasteiger partial charge in [0.2, 0.25) is 0 Å². The number of hydrogen-bond donors (Lipinski definition) is 2. The van der Waals surface area contributed by atoms with Gasteiger partial charge in [0.1, 0.15) is 0 Å². The molecule has 1 aliphatic carbocycles. The predicted molar refractivity (Wildman–Crippen MR) is 67.5 cm³/mol. The number of hydrogen-bond acceptors (Lipinski definition) is 2. The van der Waals surface area contributed by atoms with Crippen LogP contribution < -0.4 is 5.32 Å². The molecule has 0 aliphatic heterocycles. The Morgan fingerprint density at radius 1 is 1.18 bits per heavy atom. The molecule has 2 N–H and O–H groups in total. The van der Waals surface area contributed by atoms with Crippen LogP contribution in [0.4, 0.5) is 0 Å². The lowest BCUT2D eigenvalue weighted by Crippen LogP contribution is -2.12. The summed E-state index contributed by atoms with van der Waals surface area (Å²) in [4.78, 5) is 0. The molecule has 17 heavy (non-hydrogen) atoms. The van der Waals surface area contributed by atoms with Crippen LogP contribution in [0.25, 0.3) is 0 Å². The second kappa shape index (κ2) is 4.72. The van der Waals surface area contributed by atoms with Gasteiger partial charge in [-0.15, -0.1) is 0 Å².